The number of nitrogens with zero attached hydrogens (tertiary/aromatic N) is 2. The molecule has 2 heterocycles. The second-order valence-corrected chi connectivity index (χ2v) is 9.69. The van der Waals surface area contributed by atoms with Gasteiger partial charge in [0.05, 0.1) is 18.6 Å². The van der Waals surface area contributed by atoms with Crippen molar-refractivity contribution in [2.24, 2.45) is 17.3 Å². The van der Waals surface area contributed by atoms with Crippen molar-refractivity contribution in [2.45, 2.75) is 51.4 Å². The fraction of sp³-hybridized carbons (Fsp3) is 0.667. The first-order valence-corrected chi connectivity index (χ1v) is 11.7. The third-order valence-corrected chi connectivity index (χ3v) is 7.58. The molecule has 2 aromatic rings. The van der Waals surface area contributed by atoms with Crippen molar-refractivity contribution in [2.75, 3.05) is 32.8 Å². The Morgan fingerprint density at radius 3 is 2.48 bits per heavy atom. The molecular weight excluding hydrogens is 396 g/mol. The molecular formula is C24H32N2O5. The molecule has 0 amide bonds. The van der Waals surface area contributed by atoms with Gasteiger partial charge in [-0.05, 0) is 80.7 Å². The summed E-state index contributed by atoms with van der Waals surface area (Å²) >= 11 is 0. The first-order valence-electron chi connectivity index (χ1n) is 11.7. The summed E-state index contributed by atoms with van der Waals surface area (Å²) in [4.78, 5) is 14.0. The average Bonchev–Trinajstić information content (AvgIpc) is 3.12. The van der Waals surface area contributed by atoms with Crippen LogP contribution in [-0.4, -0.2) is 54.0 Å². The highest BCUT2D eigenvalue weighted by Crippen LogP contribution is 2.42. The fourth-order valence-corrected chi connectivity index (χ4v) is 5.00. The van der Waals surface area contributed by atoms with Gasteiger partial charge in [-0.25, -0.2) is 0 Å². The molecule has 2 aliphatic carbocycles. The molecule has 1 aromatic heterocycles. The SMILES string of the molecule is O=C(O)C1(CN2CCC(COc3noc4cccc(OCC5CCC5)c34)CC2)CCC1. The molecule has 1 aromatic carbocycles. The highest BCUT2D eigenvalue weighted by Gasteiger charge is 2.45. The maximum atomic E-state index is 11.6. The second kappa shape index (κ2) is 8.69. The number of rotatable bonds is 9. The molecule has 0 spiro atoms. The first kappa shape index (κ1) is 20.6. The summed E-state index contributed by atoms with van der Waals surface area (Å²) in [5.41, 5.74) is 0.189. The van der Waals surface area contributed by atoms with Crippen LogP contribution in [0.3, 0.4) is 0 Å². The maximum absolute atomic E-state index is 11.6. The number of fused-ring (bicyclic) bond motifs is 1. The minimum atomic E-state index is -0.627. The number of aliphatic carboxylic acids is 1. The Balaban J connectivity index is 1.15. The van der Waals surface area contributed by atoms with Crippen molar-refractivity contribution in [3.05, 3.63) is 18.2 Å². The smallest absolute Gasteiger partial charge is 0.310 e. The van der Waals surface area contributed by atoms with E-state index in [1.54, 1.807) is 0 Å². The van der Waals surface area contributed by atoms with Gasteiger partial charge in [-0.1, -0.05) is 18.9 Å². The molecule has 5 rings (SSSR count). The monoisotopic (exact) mass is 428 g/mol. The lowest BCUT2D eigenvalue weighted by molar-refractivity contribution is -0.156. The van der Waals surface area contributed by atoms with Gasteiger partial charge < -0.3 is 24.0 Å². The van der Waals surface area contributed by atoms with E-state index in [1.165, 1.54) is 19.3 Å². The summed E-state index contributed by atoms with van der Waals surface area (Å²) in [6.07, 6.45) is 8.48. The molecule has 0 unspecified atom stereocenters. The number of likely N-dealkylation sites (tertiary alicyclic amines) is 1. The number of ether oxygens (including phenoxy) is 2. The minimum absolute atomic E-state index is 0.438. The van der Waals surface area contributed by atoms with Crippen molar-refractivity contribution < 1.29 is 23.9 Å². The largest absolute Gasteiger partial charge is 0.492 e. The molecule has 0 atom stereocenters. The summed E-state index contributed by atoms with van der Waals surface area (Å²) in [7, 11) is 0. The van der Waals surface area contributed by atoms with Crippen molar-refractivity contribution in [1.29, 1.82) is 0 Å². The van der Waals surface area contributed by atoms with Crippen LogP contribution in [0, 0.1) is 17.3 Å². The molecule has 3 fully saturated rings. The van der Waals surface area contributed by atoms with E-state index in [0.717, 1.165) is 62.9 Å². The molecule has 2 saturated carbocycles. The van der Waals surface area contributed by atoms with Crippen LogP contribution >= 0.6 is 0 Å². The Morgan fingerprint density at radius 1 is 1.10 bits per heavy atom. The standard InChI is InChI=1S/C24H32N2O5/c27-23(28)24(10-3-11-24)16-26-12-8-18(9-13-26)15-30-22-21-19(29-14-17-4-1-5-17)6-2-7-20(21)31-25-22/h2,6-7,17-18H,1,3-5,8-16H2,(H,27,28). The second-order valence-electron chi connectivity index (χ2n) is 9.69. The molecule has 0 bridgehead atoms. The van der Waals surface area contributed by atoms with Gasteiger partial charge in [0.1, 0.15) is 11.1 Å². The highest BCUT2D eigenvalue weighted by atomic mass is 16.5. The average molecular weight is 429 g/mol. The molecule has 7 nitrogen and oxygen atoms in total. The van der Waals surface area contributed by atoms with Crippen LogP contribution in [-0.2, 0) is 4.79 Å². The van der Waals surface area contributed by atoms with E-state index in [4.69, 9.17) is 14.0 Å². The van der Waals surface area contributed by atoms with Crippen molar-refractivity contribution in [3.8, 4) is 11.6 Å². The van der Waals surface area contributed by atoms with Gasteiger partial charge >= 0.3 is 5.97 Å². The zero-order valence-electron chi connectivity index (χ0n) is 18.1. The molecule has 0 radical (unpaired) electrons. The van der Waals surface area contributed by atoms with Crippen molar-refractivity contribution >= 4 is 16.9 Å². The highest BCUT2D eigenvalue weighted by molar-refractivity contribution is 5.88. The lowest BCUT2D eigenvalue weighted by atomic mass is 9.68. The summed E-state index contributed by atoms with van der Waals surface area (Å²) in [5, 5.41) is 14.6. The van der Waals surface area contributed by atoms with Gasteiger partial charge in [-0.2, -0.15) is 0 Å². The van der Waals surface area contributed by atoms with E-state index in [2.05, 4.69) is 10.1 Å². The van der Waals surface area contributed by atoms with Gasteiger partial charge in [-0.15, -0.1) is 0 Å². The zero-order valence-corrected chi connectivity index (χ0v) is 18.1. The predicted octanol–water partition coefficient (Wildman–Crippen LogP) is 4.35. The lowest BCUT2D eigenvalue weighted by Crippen LogP contribution is -2.49. The predicted molar refractivity (Wildman–Crippen MR) is 115 cm³/mol. The topological polar surface area (TPSA) is 85.0 Å². The van der Waals surface area contributed by atoms with E-state index in [1.807, 2.05) is 18.2 Å². The normalized spacial score (nSPS) is 22.1. The van der Waals surface area contributed by atoms with Crippen LogP contribution in [0.4, 0.5) is 0 Å². The van der Waals surface area contributed by atoms with Crippen LogP contribution in [0.25, 0.3) is 11.0 Å². The minimum Gasteiger partial charge on any atom is -0.492 e. The number of piperidine rings is 1. The summed E-state index contributed by atoms with van der Waals surface area (Å²) in [6.45, 7) is 3.87. The van der Waals surface area contributed by atoms with Crippen LogP contribution in [0.2, 0.25) is 0 Å². The van der Waals surface area contributed by atoms with Crippen molar-refractivity contribution in [1.82, 2.24) is 10.1 Å². The molecule has 168 valence electrons. The van der Waals surface area contributed by atoms with Crippen LogP contribution in [0.15, 0.2) is 22.7 Å². The van der Waals surface area contributed by atoms with E-state index >= 15 is 0 Å². The molecule has 1 aliphatic heterocycles. The Bertz CT molecular complexity index is 910. The number of carboxylic acid groups (broad SMARTS) is 1. The number of carboxylic acids is 1. The van der Waals surface area contributed by atoms with Crippen molar-refractivity contribution in [3.63, 3.8) is 0 Å². The lowest BCUT2D eigenvalue weighted by Gasteiger charge is -2.43. The number of benzene rings is 1. The number of hydrogen-bond donors (Lipinski definition) is 1. The quantitative estimate of drug-likeness (QED) is 0.635. The third-order valence-electron chi connectivity index (χ3n) is 7.58. The number of aromatic nitrogens is 1. The van der Waals surface area contributed by atoms with Gasteiger partial charge in [0.2, 0.25) is 0 Å². The molecule has 3 aliphatic rings. The fourth-order valence-electron chi connectivity index (χ4n) is 5.00. The van der Waals surface area contributed by atoms with Gasteiger partial charge in [0.25, 0.3) is 5.88 Å². The van der Waals surface area contributed by atoms with Gasteiger partial charge in [0.15, 0.2) is 5.58 Å². The first-order chi connectivity index (χ1) is 15.1. The summed E-state index contributed by atoms with van der Waals surface area (Å²) in [6, 6.07) is 5.78. The maximum Gasteiger partial charge on any atom is 0.310 e. The molecule has 1 N–H and O–H groups in total. The third kappa shape index (κ3) is 4.25. The molecule has 7 heteroatoms. The summed E-state index contributed by atoms with van der Waals surface area (Å²) < 4.78 is 17.6. The Hall–Kier alpha value is -2.28. The Labute approximate surface area is 182 Å². The van der Waals surface area contributed by atoms with E-state index in [0.29, 0.717) is 36.5 Å². The van der Waals surface area contributed by atoms with E-state index < -0.39 is 11.4 Å². The van der Waals surface area contributed by atoms with Crippen LogP contribution in [0.5, 0.6) is 11.6 Å². The number of carbonyl (C=O) groups is 1. The van der Waals surface area contributed by atoms with E-state index in [9.17, 15) is 9.90 Å². The van der Waals surface area contributed by atoms with Crippen LogP contribution < -0.4 is 9.47 Å². The van der Waals surface area contributed by atoms with Gasteiger partial charge in [0, 0.05) is 6.54 Å². The van der Waals surface area contributed by atoms with Gasteiger partial charge in [-0.3, -0.25) is 4.79 Å². The van der Waals surface area contributed by atoms with Crippen LogP contribution in [0.1, 0.15) is 51.4 Å². The Kier molecular flexibility index (Phi) is 5.78. The number of hydrogen-bond acceptors (Lipinski definition) is 6. The zero-order chi connectivity index (χ0) is 21.3. The molecule has 1 saturated heterocycles. The Morgan fingerprint density at radius 2 is 1.84 bits per heavy atom. The van der Waals surface area contributed by atoms with E-state index in [-0.39, 0.29) is 0 Å². The molecule has 31 heavy (non-hydrogen) atoms. The summed E-state index contributed by atoms with van der Waals surface area (Å²) in [5.74, 6) is 1.77.